The number of hydrogen-bond acceptors (Lipinski definition) is 7. The smallest absolute Gasteiger partial charge is 0.282 e. The second-order valence-corrected chi connectivity index (χ2v) is 10.4. The van der Waals surface area contributed by atoms with Crippen molar-refractivity contribution in [3.8, 4) is 0 Å². The Bertz CT molecular complexity index is 1180. The van der Waals surface area contributed by atoms with Crippen LogP contribution in [0.15, 0.2) is 29.1 Å². The van der Waals surface area contributed by atoms with Crippen molar-refractivity contribution in [2.45, 2.75) is 32.7 Å². The average Bonchev–Trinajstić information content (AvgIpc) is 2.80. The van der Waals surface area contributed by atoms with Crippen molar-refractivity contribution in [3.63, 3.8) is 0 Å². The minimum atomic E-state index is -3.58. The van der Waals surface area contributed by atoms with E-state index < -0.39 is 10.2 Å². The number of aromatic nitrogens is 2. The molecule has 1 aromatic carbocycles. The standard InChI is InChI=1S/C21H30N6O5S/c1-15-12-26(13-16(2)32-15)33(30,31)25-10-8-24(9-11-25)14-27-21(29)18-7-5-4-6-17(18)19(23-27)20(28)22-3/h4-7,15-16H,8-14H2,1-3H3,(H,22,28). The molecule has 0 aliphatic carbocycles. The SMILES string of the molecule is CNC(=O)c1nn(CN2CCN(S(=O)(=O)N3CC(C)OC(C)C3)CC2)c(=O)c2ccccc12. The van der Waals surface area contributed by atoms with E-state index in [1.165, 1.54) is 20.3 Å². The van der Waals surface area contributed by atoms with Crippen LogP contribution in [-0.2, 0) is 21.6 Å². The molecule has 33 heavy (non-hydrogen) atoms. The van der Waals surface area contributed by atoms with Crippen LogP contribution in [0.1, 0.15) is 24.3 Å². The van der Waals surface area contributed by atoms with Crippen molar-refractivity contribution < 1.29 is 17.9 Å². The van der Waals surface area contributed by atoms with E-state index in [0.29, 0.717) is 50.0 Å². The number of amides is 1. The Kier molecular flexibility index (Phi) is 6.82. The Morgan fingerprint density at radius 2 is 1.67 bits per heavy atom. The third-order valence-corrected chi connectivity index (χ3v) is 7.98. The van der Waals surface area contributed by atoms with Gasteiger partial charge in [0.25, 0.3) is 21.7 Å². The first kappa shape index (κ1) is 23.8. The molecule has 0 saturated carbocycles. The van der Waals surface area contributed by atoms with Crippen LogP contribution in [0.2, 0.25) is 0 Å². The third kappa shape index (κ3) is 4.80. The van der Waals surface area contributed by atoms with E-state index in [0.717, 1.165) is 0 Å². The second kappa shape index (κ2) is 9.47. The molecular weight excluding hydrogens is 448 g/mol. The van der Waals surface area contributed by atoms with E-state index in [2.05, 4.69) is 10.4 Å². The first-order chi connectivity index (χ1) is 15.7. The number of carbonyl (C=O) groups excluding carboxylic acids is 1. The quantitative estimate of drug-likeness (QED) is 0.626. The summed E-state index contributed by atoms with van der Waals surface area (Å²) in [4.78, 5) is 27.3. The van der Waals surface area contributed by atoms with Crippen molar-refractivity contribution in [1.29, 1.82) is 0 Å². The zero-order chi connectivity index (χ0) is 23.8. The van der Waals surface area contributed by atoms with Gasteiger partial charge >= 0.3 is 0 Å². The fourth-order valence-corrected chi connectivity index (χ4v) is 6.14. The van der Waals surface area contributed by atoms with Gasteiger partial charge in [0.05, 0.1) is 24.3 Å². The van der Waals surface area contributed by atoms with Gasteiger partial charge in [0, 0.05) is 51.7 Å². The van der Waals surface area contributed by atoms with Crippen LogP contribution < -0.4 is 10.9 Å². The summed E-state index contributed by atoms with van der Waals surface area (Å²) in [5, 5.41) is 7.81. The highest BCUT2D eigenvalue weighted by molar-refractivity contribution is 7.86. The number of morpholine rings is 1. The number of rotatable bonds is 5. The van der Waals surface area contributed by atoms with E-state index in [1.807, 2.05) is 18.7 Å². The Morgan fingerprint density at radius 1 is 1.06 bits per heavy atom. The molecule has 2 fully saturated rings. The zero-order valence-electron chi connectivity index (χ0n) is 19.1. The van der Waals surface area contributed by atoms with Crippen molar-refractivity contribution in [1.82, 2.24) is 28.6 Å². The number of hydrogen-bond donors (Lipinski definition) is 1. The molecule has 1 aromatic heterocycles. The van der Waals surface area contributed by atoms with Crippen molar-refractivity contribution >= 4 is 26.9 Å². The normalized spacial score (nSPS) is 23.6. The molecule has 2 atom stereocenters. The maximum Gasteiger partial charge on any atom is 0.282 e. The Hall–Kier alpha value is -2.38. The van der Waals surface area contributed by atoms with Crippen LogP contribution in [0, 0.1) is 0 Å². The maximum atomic E-state index is 13.1. The van der Waals surface area contributed by atoms with Crippen LogP contribution >= 0.6 is 0 Å². The fourth-order valence-electron chi connectivity index (χ4n) is 4.39. The third-order valence-electron chi connectivity index (χ3n) is 6.01. The van der Waals surface area contributed by atoms with Gasteiger partial charge in [-0.05, 0) is 19.9 Å². The second-order valence-electron chi connectivity index (χ2n) is 8.52. The lowest BCUT2D eigenvalue weighted by Crippen LogP contribution is -2.57. The lowest BCUT2D eigenvalue weighted by molar-refractivity contribution is -0.0458. The Balaban J connectivity index is 1.49. The van der Waals surface area contributed by atoms with E-state index in [1.54, 1.807) is 24.3 Å². The maximum absolute atomic E-state index is 13.1. The van der Waals surface area contributed by atoms with Gasteiger partial charge in [0.15, 0.2) is 5.69 Å². The highest BCUT2D eigenvalue weighted by Crippen LogP contribution is 2.19. The summed E-state index contributed by atoms with van der Waals surface area (Å²) in [7, 11) is -2.06. The lowest BCUT2D eigenvalue weighted by Gasteiger charge is -2.40. The zero-order valence-corrected chi connectivity index (χ0v) is 19.9. The molecule has 2 aliphatic heterocycles. The van der Waals surface area contributed by atoms with E-state index in [9.17, 15) is 18.0 Å². The summed E-state index contributed by atoms with van der Waals surface area (Å²) in [6, 6.07) is 6.89. The van der Waals surface area contributed by atoms with Crippen LogP contribution in [0.4, 0.5) is 0 Å². The van der Waals surface area contributed by atoms with E-state index >= 15 is 0 Å². The topological polar surface area (TPSA) is 117 Å². The molecule has 0 spiro atoms. The van der Waals surface area contributed by atoms with Gasteiger partial charge in [-0.1, -0.05) is 18.2 Å². The van der Waals surface area contributed by atoms with Crippen molar-refractivity contribution in [2.75, 3.05) is 46.3 Å². The molecule has 3 heterocycles. The number of benzene rings is 1. The highest BCUT2D eigenvalue weighted by Gasteiger charge is 2.36. The summed E-state index contributed by atoms with van der Waals surface area (Å²) in [5.74, 6) is -0.371. The first-order valence-corrected chi connectivity index (χ1v) is 12.5. The van der Waals surface area contributed by atoms with Crippen LogP contribution in [0.5, 0.6) is 0 Å². The predicted octanol–water partition coefficient (Wildman–Crippen LogP) is -0.315. The molecule has 1 amide bonds. The number of fused-ring (bicyclic) bond motifs is 1. The van der Waals surface area contributed by atoms with Crippen LogP contribution in [0.25, 0.3) is 10.8 Å². The number of ether oxygens (including phenoxy) is 1. The summed E-state index contributed by atoms with van der Waals surface area (Å²) >= 11 is 0. The van der Waals surface area contributed by atoms with Gasteiger partial charge in [-0.3, -0.25) is 14.5 Å². The minimum absolute atomic E-state index is 0.148. The largest absolute Gasteiger partial charge is 0.373 e. The molecule has 2 saturated heterocycles. The molecule has 0 radical (unpaired) electrons. The number of piperazine rings is 1. The highest BCUT2D eigenvalue weighted by atomic mass is 32.2. The van der Waals surface area contributed by atoms with Gasteiger partial charge in [-0.2, -0.15) is 22.1 Å². The van der Waals surface area contributed by atoms with E-state index in [-0.39, 0.29) is 36.0 Å². The van der Waals surface area contributed by atoms with E-state index in [4.69, 9.17) is 4.74 Å². The molecule has 2 unspecified atom stereocenters. The summed E-state index contributed by atoms with van der Waals surface area (Å²) < 4.78 is 36.1. The van der Waals surface area contributed by atoms with Crippen molar-refractivity contribution in [3.05, 3.63) is 40.3 Å². The summed E-state index contributed by atoms with van der Waals surface area (Å²) in [5.41, 5.74) is -0.103. The van der Waals surface area contributed by atoms with Gasteiger partial charge in [-0.25, -0.2) is 4.68 Å². The molecule has 1 N–H and O–H groups in total. The van der Waals surface area contributed by atoms with Gasteiger partial charge in [-0.15, -0.1) is 0 Å². The van der Waals surface area contributed by atoms with Crippen LogP contribution in [-0.4, -0.2) is 96.1 Å². The predicted molar refractivity (Wildman–Crippen MR) is 123 cm³/mol. The minimum Gasteiger partial charge on any atom is -0.373 e. The molecular formula is C21H30N6O5S. The number of carbonyl (C=O) groups is 1. The Labute approximate surface area is 193 Å². The lowest BCUT2D eigenvalue weighted by atomic mass is 10.1. The molecule has 2 aromatic rings. The monoisotopic (exact) mass is 478 g/mol. The first-order valence-electron chi connectivity index (χ1n) is 11.1. The molecule has 0 bridgehead atoms. The molecule has 180 valence electrons. The number of nitrogens with zero attached hydrogens (tertiary/aromatic N) is 5. The van der Waals surface area contributed by atoms with Gasteiger partial charge in [0.2, 0.25) is 0 Å². The number of nitrogens with one attached hydrogen (secondary N) is 1. The van der Waals surface area contributed by atoms with Gasteiger partial charge < -0.3 is 10.1 Å². The van der Waals surface area contributed by atoms with Gasteiger partial charge in [0.1, 0.15) is 0 Å². The van der Waals surface area contributed by atoms with Crippen molar-refractivity contribution in [2.24, 2.45) is 0 Å². The molecule has 4 rings (SSSR count). The summed E-state index contributed by atoms with van der Waals surface area (Å²) in [6.07, 6.45) is -0.296. The molecule has 12 heteroatoms. The summed E-state index contributed by atoms with van der Waals surface area (Å²) in [6.45, 7) is 6.12. The molecule has 2 aliphatic rings. The van der Waals surface area contributed by atoms with Crippen LogP contribution in [0.3, 0.4) is 0 Å². The molecule has 11 nitrogen and oxygen atoms in total. The average molecular weight is 479 g/mol. The fraction of sp³-hybridized carbons (Fsp3) is 0.571. The Morgan fingerprint density at radius 3 is 2.27 bits per heavy atom.